The molecule has 0 unspecified atom stereocenters. The minimum atomic E-state index is 0.817. The first-order chi connectivity index (χ1) is 26.3. The van der Waals surface area contributed by atoms with Crippen molar-refractivity contribution in [2.45, 2.75) is 0 Å². The highest BCUT2D eigenvalue weighted by atomic mass is 16.3. The third-order valence-corrected chi connectivity index (χ3v) is 10.1. The molecule has 0 aliphatic carbocycles. The highest BCUT2D eigenvalue weighted by Gasteiger charge is 2.25. The zero-order valence-electron chi connectivity index (χ0n) is 28.8. The van der Waals surface area contributed by atoms with E-state index < -0.39 is 0 Å². The van der Waals surface area contributed by atoms with Gasteiger partial charge in [-0.25, -0.2) is 0 Å². The number of hydrogen-bond acceptors (Lipinski definition) is 3. The third-order valence-electron chi connectivity index (χ3n) is 10.1. The monoisotopic (exact) mass is 679 g/mol. The summed E-state index contributed by atoms with van der Waals surface area (Å²) in [6.45, 7) is 0. The maximum atomic E-state index is 6.76. The molecule has 2 heterocycles. The van der Waals surface area contributed by atoms with Gasteiger partial charge in [-0.15, -0.1) is 0 Å². The van der Waals surface area contributed by atoms with Crippen LogP contribution in [0, 0.1) is 0 Å². The molecule has 0 radical (unpaired) electrons. The zero-order valence-corrected chi connectivity index (χ0v) is 28.8. The fourth-order valence-electron chi connectivity index (χ4n) is 7.57. The molecule has 0 atom stereocenters. The van der Waals surface area contributed by atoms with Crippen LogP contribution >= 0.6 is 0 Å². The van der Waals surface area contributed by atoms with E-state index in [9.17, 15) is 0 Å². The summed E-state index contributed by atoms with van der Waals surface area (Å²) >= 11 is 0. The minimum Gasteiger partial charge on any atom is -0.456 e. The van der Waals surface area contributed by atoms with Crippen molar-refractivity contribution in [2.75, 3.05) is 4.90 Å². The molecule has 10 aromatic rings. The first-order valence-corrected chi connectivity index (χ1v) is 17.9. The number of anilines is 3. The molecule has 250 valence electrons. The molecule has 0 saturated heterocycles. The van der Waals surface area contributed by atoms with E-state index in [1.807, 2.05) is 24.3 Å². The standard InChI is InChI=1S/C50H33NO2/c1-4-15-34(16-5-1)41-29-28-40(33-44(41)35-17-6-2-7-18-35)51(49-43-24-11-13-26-47(43)53-50(49)36-19-8-3-9-20-36)39-22-14-21-37(31-39)38-27-30-48-45(32-38)42-23-10-12-25-46(42)52-48/h1-33H. The second-order valence-electron chi connectivity index (χ2n) is 13.3. The van der Waals surface area contributed by atoms with Crippen molar-refractivity contribution in [3.05, 3.63) is 200 Å². The van der Waals surface area contributed by atoms with Crippen molar-refractivity contribution in [1.82, 2.24) is 0 Å². The van der Waals surface area contributed by atoms with Gasteiger partial charge < -0.3 is 13.7 Å². The van der Waals surface area contributed by atoms with Crippen molar-refractivity contribution >= 4 is 50.0 Å². The molecule has 10 rings (SSSR count). The molecular weight excluding hydrogens is 647 g/mol. The third kappa shape index (κ3) is 5.47. The van der Waals surface area contributed by atoms with Crippen molar-refractivity contribution in [2.24, 2.45) is 0 Å². The average molecular weight is 680 g/mol. The largest absolute Gasteiger partial charge is 0.456 e. The van der Waals surface area contributed by atoms with Gasteiger partial charge in [0.2, 0.25) is 0 Å². The lowest BCUT2D eigenvalue weighted by atomic mass is 9.93. The van der Waals surface area contributed by atoms with Gasteiger partial charge in [-0.3, -0.25) is 0 Å². The summed E-state index contributed by atoms with van der Waals surface area (Å²) in [5, 5.41) is 3.26. The Hall–Kier alpha value is -7.10. The summed E-state index contributed by atoms with van der Waals surface area (Å²) in [6.07, 6.45) is 0. The predicted octanol–water partition coefficient (Wildman–Crippen LogP) is 14.5. The summed E-state index contributed by atoms with van der Waals surface area (Å²) in [7, 11) is 0. The molecule has 0 aliphatic heterocycles. The van der Waals surface area contributed by atoms with E-state index >= 15 is 0 Å². The predicted molar refractivity (Wildman–Crippen MR) is 220 cm³/mol. The van der Waals surface area contributed by atoms with Gasteiger partial charge in [0, 0.05) is 33.1 Å². The van der Waals surface area contributed by atoms with Gasteiger partial charge in [0.1, 0.15) is 22.4 Å². The van der Waals surface area contributed by atoms with Gasteiger partial charge in [0.05, 0.1) is 0 Å². The van der Waals surface area contributed by atoms with Gasteiger partial charge in [-0.1, -0.05) is 146 Å². The van der Waals surface area contributed by atoms with E-state index in [1.165, 1.54) is 11.1 Å². The summed E-state index contributed by atoms with van der Waals surface area (Å²) in [4.78, 5) is 2.37. The Bertz CT molecular complexity index is 2890. The number of para-hydroxylation sites is 2. The van der Waals surface area contributed by atoms with Crippen LogP contribution in [-0.4, -0.2) is 0 Å². The highest BCUT2D eigenvalue weighted by molar-refractivity contribution is 6.07. The molecule has 3 heteroatoms. The van der Waals surface area contributed by atoms with Crippen molar-refractivity contribution < 1.29 is 8.83 Å². The molecule has 0 N–H and O–H groups in total. The maximum absolute atomic E-state index is 6.76. The lowest BCUT2D eigenvalue weighted by Crippen LogP contribution is -2.11. The summed E-state index contributed by atoms with van der Waals surface area (Å²) < 4.78 is 12.9. The molecule has 0 amide bonds. The summed E-state index contributed by atoms with van der Waals surface area (Å²) in [6, 6.07) is 70.4. The maximum Gasteiger partial charge on any atom is 0.159 e. The highest BCUT2D eigenvalue weighted by Crippen LogP contribution is 2.49. The number of hydrogen-bond donors (Lipinski definition) is 0. The van der Waals surface area contributed by atoms with Crippen LogP contribution in [0.4, 0.5) is 17.1 Å². The molecule has 0 saturated carbocycles. The molecular formula is C50H33NO2. The van der Waals surface area contributed by atoms with Crippen molar-refractivity contribution in [1.29, 1.82) is 0 Å². The van der Waals surface area contributed by atoms with E-state index in [0.717, 1.165) is 83.5 Å². The molecule has 0 spiro atoms. The van der Waals surface area contributed by atoms with Crippen LogP contribution in [-0.2, 0) is 0 Å². The molecule has 0 fully saturated rings. The molecule has 0 bridgehead atoms. The number of fused-ring (bicyclic) bond motifs is 4. The zero-order chi connectivity index (χ0) is 35.1. The number of nitrogens with zero attached hydrogens (tertiary/aromatic N) is 1. The Morgan fingerprint density at radius 3 is 1.58 bits per heavy atom. The fraction of sp³-hybridized carbons (Fsp3) is 0. The van der Waals surface area contributed by atoms with E-state index in [0.29, 0.717) is 0 Å². The first-order valence-electron chi connectivity index (χ1n) is 17.9. The molecule has 3 nitrogen and oxygen atoms in total. The Balaban J connectivity index is 1.23. The van der Waals surface area contributed by atoms with Gasteiger partial charge >= 0.3 is 0 Å². The van der Waals surface area contributed by atoms with Crippen LogP contribution in [0.15, 0.2) is 209 Å². The van der Waals surface area contributed by atoms with Crippen LogP contribution < -0.4 is 4.90 Å². The number of furan rings is 2. The quantitative estimate of drug-likeness (QED) is 0.168. The lowest BCUT2D eigenvalue weighted by Gasteiger charge is -2.27. The molecule has 53 heavy (non-hydrogen) atoms. The van der Waals surface area contributed by atoms with E-state index in [1.54, 1.807) is 0 Å². The summed E-state index contributed by atoms with van der Waals surface area (Å²) in [5.74, 6) is 0.817. The van der Waals surface area contributed by atoms with Crippen LogP contribution in [0.1, 0.15) is 0 Å². The second-order valence-corrected chi connectivity index (χ2v) is 13.3. The topological polar surface area (TPSA) is 29.5 Å². The van der Waals surface area contributed by atoms with Crippen molar-refractivity contribution in [3.8, 4) is 44.7 Å². The Morgan fingerprint density at radius 1 is 0.302 bits per heavy atom. The van der Waals surface area contributed by atoms with Crippen molar-refractivity contribution in [3.63, 3.8) is 0 Å². The summed E-state index contributed by atoms with van der Waals surface area (Å²) in [5.41, 5.74) is 13.6. The van der Waals surface area contributed by atoms with Crippen LogP contribution in [0.5, 0.6) is 0 Å². The van der Waals surface area contributed by atoms with Crippen LogP contribution in [0.3, 0.4) is 0 Å². The Kier molecular flexibility index (Phi) is 7.47. The second kappa shape index (κ2) is 12.9. The molecule has 0 aliphatic rings. The molecule has 8 aromatic carbocycles. The smallest absolute Gasteiger partial charge is 0.159 e. The fourth-order valence-corrected chi connectivity index (χ4v) is 7.57. The van der Waals surface area contributed by atoms with E-state index in [4.69, 9.17) is 8.83 Å². The van der Waals surface area contributed by atoms with Gasteiger partial charge in [0.25, 0.3) is 0 Å². The van der Waals surface area contributed by atoms with Gasteiger partial charge in [-0.2, -0.15) is 0 Å². The van der Waals surface area contributed by atoms with Crippen LogP contribution in [0.25, 0.3) is 77.6 Å². The van der Waals surface area contributed by atoms with Gasteiger partial charge in [-0.05, 0) is 88.0 Å². The van der Waals surface area contributed by atoms with Crippen LogP contribution in [0.2, 0.25) is 0 Å². The SMILES string of the molecule is c1ccc(-c2ccc(N(c3cccc(-c4ccc5oc6ccccc6c5c4)c3)c3c(-c4ccccc4)oc4ccccc34)cc2-c2ccccc2)cc1. The van der Waals surface area contributed by atoms with E-state index in [-0.39, 0.29) is 0 Å². The number of rotatable bonds is 7. The van der Waals surface area contributed by atoms with E-state index in [2.05, 4.69) is 181 Å². The minimum absolute atomic E-state index is 0.817. The van der Waals surface area contributed by atoms with Gasteiger partial charge in [0.15, 0.2) is 5.76 Å². The normalized spacial score (nSPS) is 11.4. The first kappa shape index (κ1) is 30.7. The Labute approximate surface area is 307 Å². The average Bonchev–Trinajstić information content (AvgIpc) is 3.81. The molecule has 2 aromatic heterocycles. The number of benzene rings is 8. The Morgan fingerprint density at radius 2 is 0.849 bits per heavy atom. The lowest BCUT2D eigenvalue weighted by molar-refractivity contribution is 0.632.